The molecule has 1 heterocycles. The Kier molecular flexibility index (Phi) is 4.16. The highest BCUT2D eigenvalue weighted by Crippen LogP contribution is 2.35. The average molecular weight is 287 g/mol. The number of hydrogen-bond donors (Lipinski definition) is 1. The van der Waals surface area contributed by atoms with Crippen molar-refractivity contribution >= 4 is 11.6 Å². The van der Waals surface area contributed by atoms with Crippen molar-refractivity contribution in [2.24, 2.45) is 0 Å². The van der Waals surface area contributed by atoms with Crippen molar-refractivity contribution in [2.45, 2.75) is 51.2 Å². The van der Waals surface area contributed by atoms with Gasteiger partial charge in [0, 0.05) is 7.11 Å². The predicted octanol–water partition coefficient (Wildman–Crippen LogP) is 1.71. The summed E-state index contributed by atoms with van der Waals surface area (Å²) in [4.78, 5) is 26.8. The Balaban J connectivity index is 2.43. The molecule has 0 aromatic carbocycles. The Hall–Kier alpha value is -1.07. The maximum Gasteiger partial charge on any atom is 0.329 e. The second-order valence-corrected chi connectivity index (χ2v) is 5.48. The number of hydrogen-bond acceptors (Lipinski definition) is 3. The Bertz CT molecular complexity index is 567. The van der Waals surface area contributed by atoms with Crippen molar-refractivity contribution in [3.05, 3.63) is 31.6 Å². The van der Waals surface area contributed by atoms with Crippen LogP contribution in [0.3, 0.4) is 0 Å². The van der Waals surface area contributed by atoms with Gasteiger partial charge in [-0.2, -0.15) is 0 Å². The van der Waals surface area contributed by atoms with Gasteiger partial charge in [0.1, 0.15) is 5.15 Å². The van der Waals surface area contributed by atoms with Crippen molar-refractivity contribution in [3.63, 3.8) is 0 Å². The smallest absolute Gasteiger partial charge is 0.329 e. The molecule has 5 nitrogen and oxygen atoms in total. The van der Waals surface area contributed by atoms with Crippen molar-refractivity contribution in [1.82, 2.24) is 9.55 Å². The molecule has 0 amide bonds. The summed E-state index contributed by atoms with van der Waals surface area (Å²) in [6.07, 6.45) is 4.18. The van der Waals surface area contributed by atoms with Gasteiger partial charge in [-0.3, -0.25) is 14.3 Å². The first-order chi connectivity index (χ1) is 9.03. The molecule has 1 saturated carbocycles. The summed E-state index contributed by atoms with van der Waals surface area (Å²) in [5.41, 5.74) is -0.639. The standard InChI is InChI=1S/C13H19ClN2O3/c1-3-5-9-10(14)15-12(18)16(11(9)17)8-13(19-2)6-4-7-13/h3-8H2,1-2H3,(H,15,18). The number of nitrogens with zero attached hydrogens (tertiary/aromatic N) is 1. The second kappa shape index (κ2) is 5.51. The van der Waals surface area contributed by atoms with Crippen LogP contribution in [0.25, 0.3) is 0 Å². The third-order valence-electron chi connectivity index (χ3n) is 3.87. The quantitative estimate of drug-likeness (QED) is 0.838. The molecule has 1 aromatic rings. The van der Waals surface area contributed by atoms with E-state index >= 15 is 0 Å². The number of aromatic nitrogens is 2. The molecular weight excluding hydrogens is 268 g/mol. The Morgan fingerprint density at radius 2 is 2.11 bits per heavy atom. The van der Waals surface area contributed by atoms with Gasteiger partial charge in [0.15, 0.2) is 0 Å². The van der Waals surface area contributed by atoms with Gasteiger partial charge in [-0.15, -0.1) is 0 Å². The second-order valence-electron chi connectivity index (χ2n) is 5.10. The van der Waals surface area contributed by atoms with Gasteiger partial charge < -0.3 is 4.74 Å². The normalized spacial score (nSPS) is 17.2. The fraction of sp³-hybridized carbons (Fsp3) is 0.692. The molecule has 0 saturated heterocycles. The molecule has 106 valence electrons. The number of nitrogens with one attached hydrogen (secondary N) is 1. The summed E-state index contributed by atoms with van der Waals surface area (Å²) >= 11 is 5.94. The van der Waals surface area contributed by atoms with Gasteiger partial charge in [-0.05, 0) is 25.7 Å². The largest absolute Gasteiger partial charge is 0.376 e. The van der Waals surface area contributed by atoms with Crippen molar-refractivity contribution in [2.75, 3.05) is 7.11 Å². The van der Waals surface area contributed by atoms with E-state index < -0.39 is 5.69 Å². The Labute approximate surface area is 116 Å². The van der Waals surface area contributed by atoms with E-state index in [1.807, 2.05) is 6.92 Å². The number of H-pyrrole nitrogens is 1. The summed E-state index contributed by atoms with van der Waals surface area (Å²) in [6.45, 7) is 2.26. The zero-order valence-corrected chi connectivity index (χ0v) is 12.0. The average Bonchev–Trinajstić information content (AvgIpc) is 2.33. The molecule has 1 aliphatic carbocycles. The molecule has 1 aliphatic rings. The van der Waals surface area contributed by atoms with Gasteiger partial charge in [0.05, 0.1) is 17.7 Å². The van der Waals surface area contributed by atoms with Crippen LogP contribution in [-0.2, 0) is 17.7 Å². The van der Waals surface area contributed by atoms with Crippen molar-refractivity contribution in [3.8, 4) is 0 Å². The molecule has 0 aliphatic heterocycles. The van der Waals surface area contributed by atoms with Crippen LogP contribution in [0, 0.1) is 0 Å². The molecule has 2 rings (SSSR count). The van der Waals surface area contributed by atoms with Crippen LogP contribution in [0.2, 0.25) is 5.15 Å². The van der Waals surface area contributed by atoms with E-state index in [9.17, 15) is 9.59 Å². The fourth-order valence-corrected chi connectivity index (χ4v) is 2.74. The van der Waals surface area contributed by atoms with Crippen LogP contribution in [0.4, 0.5) is 0 Å². The van der Waals surface area contributed by atoms with E-state index in [-0.39, 0.29) is 16.3 Å². The summed E-state index contributed by atoms with van der Waals surface area (Å²) in [7, 11) is 1.63. The molecule has 0 unspecified atom stereocenters. The molecule has 0 radical (unpaired) electrons. The number of ether oxygens (including phenoxy) is 1. The van der Waals surface area contributed by atoms with Crippen molar-refractivity contribution < 1.29 is 4.74 Å². The summed E-state index contributed by atoms with van der Waals surface area (Å²) in [6, 6.07) is 0. The molecule has 1 fully saturated rings. The van der Waals surface area contributed by atoms with Gasteiger partial charge in [-0.25, -0.2) is 4.79 Å². The molecule has 1 N–H and O–H groups in total. The van der Waals surface area contributed by atoms with E-state index in [4.69, 9.17) is 16.3 Å². The minimum absolute atomic E-state index is 0.160. The fourth-order valence-electron chi connectivity index (χ4n) is 2.48. The highest BCUT2D eigenvalue weighted by Gasteiger charge is 2.38. The van der Waals surface area contributed by atoms with Crippen molar-refractivity contribution in [1.29, 1.82) is 0 Å². The third-order valence-corrected chi connectivity index (χ3v) is 4.20. The lowest BCUT2D eigenvalue weighted by atomic mass is 9.80. The van der Waals surface area contributed by atoms with E-state index in [2.05, 4.69) is 4.98 Å². The number of rotatable bonds is 5. The predicted molar refractivity (Wildman–Crippen MR) is 73.9 cm³/mol. The number of methoxy groups -OCH3 is 1. The minimum Gasteiger partial charge on any atom is -0.376 e. The highest BCUT2D eigenvalue weighted by molar-refractivity contribution is 6.30. The van der Waals surface area contributed by atoms with Crippen LogP contribution >= 0.6 is 11.6 Å². The molecule has 0 bridgehead atoms. The molecular formula is C13H19ClN2O3. The maximum atomic E-state index is 12.3. The topological polar surface area (TPSA) is 64.1 Å². The van der Waals surface area contributed by atoms with E-state index in [1.165, 1.54) is 4.57 Å². The monoisotopic (exact) mass is 286 g/mol. The maximum absolute atomic E-state index is 12.3. The minimum atomic E-state index is -0.460. The SMILES string of the molecule is CCCc1c(Cl)[nH]c(=O)n(CC2(OC)CCC2)c1=O. The lowest BCUT2D eigenvalue weighted by molar-refractivity contribution is -0.0848. The summed E-state index contributed by atoms with van der Waals surface area (Å²) in [5, 5.41) is 0.160. The summed E-state index contributed by atoms with van der Waals surface area (Å²) < 4.78 is 6.69. The first-order valence-corrected chi connectivity index (χ1v) is 6.97. The highest BCUT2D eigenvalue weighted by atomic mass is 35.5. The lowest BCUT2D eigenvalue weighted by Gasteiger charge is -2.40. The summed E-state index contributed by atoms with van der Waals surface area (Å²) in [5.74, 6) is 0. The van der Waals surface area contributed by atoms with E-state index in [0.717, 1.165) is 25.7 Å². The van der Waals surface area contributed by atoms with Crippen LogP contribution in [0.15, 0.2) is 9.59 Å². The van der Waals surface area contributed by atoms with Crippen LogP contribution < -0.4 is 11.2 Å². The zero-order chi connectivity index (χ0) is 14.0. The van der Waals surface area contributed by atoms with E-state index in [0.29, 0.717) is 18.5 Å². The first-order valence-electron chi connectivity index (χ1n) is 6.59. The zero-order valence-electron chi connectivity index (χ0n) is 11.3. The molecule has 1 aromatic heterocycles. The molecule has 6 heteroatoms. The Morgan fingerprint density at radius 1 is 1.42 bits per heavy atom. The Morgan fingerprint density at radius 3 is 2.58 bits per heavy atom. The van der Waals surface area contributed by atoms with Gasteiger partial charge in [-0.1, -0.05) is 24.9 Å². The van der Waals surface area contributed by atoms with Gasteiger partial charge >= 0.3 is 5.69 Å². The lowest BCUT2D eigenvalue weighted by Crippen LogP contribution is -2.50. The van der Waals surface area contributed by atoms with Gasteiger partial charge in [0.25, 0.3) is 5.56 Å². The number of aromatic amines is 1. The van der Waals surface area contributed by atoms with Crippen LogP contribution in [0.5, 0.6) is 0 Å². The third kappa shape index (κ3) is 2.62. The van der Waals surface area contributed by atoms with E-state index in [1.54, 1.807) is 7.11 Å². The first kappa shape index (κ1) is 14.3. The molecule has 0 spiro atoms. The van der Waals surface area contributed by atoms with Crippen LogP contribution in [0.1, 0.15) is 38.2 Å². The van der Waals surface area contributed by atoms with Crippen LogP contribution in [-0.4, -0.2) is 22.3 Å². The number of halogens is 1. The molecule has 0 atom stereocenters. The van der Waals surface area contributed by atoms with Gasteiger partial charge in [0.2, 0.25) is 0 Å². The molecule has 19 heavy (non-hydrogen) atoms.